The highest BCUT2D eigenvalue weighted by Crippen LogP contribution is 2.23. The lowest BCUT2D eigenvalue weighted by molar-refractivity contribution is -0.121. The SMILES string of the molecule is CCC(C)(C)NC(=O)C(C)Sc1ccc(C(=O)N2CCCC2)cn1. The zero-order valence-corrected chi connectivity index (χ0v) is 15.8. The second kappa shape index (κ2) is 8.01. The van der Waals surface area contributed by atoms with Crippen LogP contribution >= 0.6 is 11.8 Å². The Morgan fingerprint density at radius 3 is 2.54 bits per heavy atom. The van der Waals surface area contributed by atoms with Crippen molar-refractivity contribution in [2.24, 2.45) is 0 Å². The van der Waals surface area contributed by atoms with Crippen molar-refractivity contribution in [3.63, 3.8) is 0 Å². The van der Waals surface area contributed by atoms with Gasteiger partial charge in [-0.05, 0) is 52.2 Å². The summed E-state index contributed by atoms with van der Waals surface area (Å²) in [6, 6.07) is 3.62. The van der Waals surface area contributed by atoms with E-state index in [-0.39, 0.29) is 22.6 Å². The number of thioether (sulfide) groups is 1. The number of aromatic nitrogens is 1. The van der Waals surface area contributed by atoms with Crippen molar-refractivity contribution >= 4 is 23.6 Å². The molecule has 2 amide bonds. The summed E-state index contributed by atoms with van der Waals surface area (Å²) in [7, 11) is 0. The van der Waals surface area contributed by atoms with Crippen molar-refractivity contribution in [1.82, 2.24) is 15.2 Å². The number of amides is 2. The minimum atomic E-state index is -0.233. The molecule has 0 saturated carbocycles. The average Bonchev–Trinajstić information content (AvgIpc) is 3.09. The maximum atomic E-state index is 12.3. The molecule has 0 radical (unpaired) electrons. The first-order valence-corrected chi connectivity index (χ1v) is 9.44. The van der Waals surface area contributed by atoms with E-state index in [1.54, 1.807) is 12.3 Å². The van der Waals surface area contributed by atoms with Crippen LogP contribution in [0.2, 0.25) is 0 Å². The van der Waals surface area contributed by atoms with Crippen molar-refractivity contribution in [3.05, 3.63) is 23.9 Å². The van der Waals surface area contributed by atoms with E-state index in [1.807, 2.05) is 31.7 Å². The molecular weight excluding hydrogens is 322 g/mol. The molecule has 1 saturated heterocycles. The molecule has 1 N–H and O–H groups in total. The maximum Gasteiger partial charge on any atom is 0.255 e. The van der Waals surface area contributed by atoms with E-state index in [2.05, 4.69) is 17.2 Å². The van der Waals surface area contributed by atoms with Crippen LogP contribution in [-0.4, -0.2) is 45.6 Å². The Labute approximate surface area is 148 Å². The van der Waals surface area contributed by atoms with Gasteiger partial charge in [0.25, 0.3) is 5.91 Å². The number of nitrogens with zero attached hydrogens (tertiary/aromatic N) is 2. The molecule has 2 rings (SSSR count). The molecule has 1 atom stereocenters. The molecule has 0 bridgehead atoms. The highest BCUT2D eigenvalue weighted by atomic mass is 32.2. The van der Waals surface area contributed by atoms with Gasteiger partial charge in [-0.15, -0.1) is 0 Å². The lowest BCUT2D eigenvalue weighted by Gasteiger charge is -2.26. The summed E-state index contributed by atoms with van der Waals surface area (Å²) in [5.41, 5.74) is 0.413. The average molecular weight is 350 g/mol. The van der Waals surface area contributed by atoms with Crippen LogP contribution in [-0.2, 0) is 4.79 Å². The molecule has 132 valence electrons. The fraction of sp³-hybridized carbons (Fsp3) is 0.611. The van der Waals surface area contributed by atoms with Crippen molar-refractivity contribution in [2.45, 2.75) is 62.8 Å². The zero-order chi connectivity index (χ0) is 17.7. The lowest BCUT2D eigenvalue weighted by Crippen LogP contribution is -2.46. The van der Waals surface area contributed by atoms with Gasteiger partial charge in [0.1, 0.15) is 0 Å². The first-order valence-electron chi connectivity index (χ1n) is 8.56. The standard InChI is InChI=1S/C18H27N3O2S/c1-5-18(3,4)20-16(22)13(2)24-15-9-8-14(12-19-15)17(23)21-10-6-7-11-21/h8-9,12-13H,5-7,10-11H2,1-4H3,(H,20,22). The molecule has 1 unspecified atom stereocenters. The van der Waals surface area contributed by atoms with Gasteiger partial charge in [-0.3, -0.25) is 9.59 Å². The number of likely N-dealkylation sites (tertiary alicyclic amines) is 1. The van der Waals surface area contributed by atoms with Crippen LogP contribution in [0.5, 0.6) is 0 Å². The number of rotatable bonds is 6. The van der Waals surface area contributed by atoms with Crippen LogP contribution < -0.4 is 5.32 Å². The fourth-order valence-corrected chi connectivity index (χ4v) is 3.23. The van der Waals surface area contributed by atoms with Crippen LogP contribution in [0.15, 0.2) is 23.4 Å². The second-order valence-electron chi connectivity index (χ2n) is 6.87. The molecule has 6 heteroatoms. The molecule has 2 heterocycles. The van der Waals surface area contributed by atoms with Gasteiger partial charge < -0.3 is 10.2 Å². The fourth-order valence-electron chi connectivity index (χ4n) is 2.44. The summed E-state index contributed by atoms with van der Waals surface area (Å²) in [5, 5.41) is 3.57. The second-order valence-corrected chi connectivity index (χ2v) is 8.23. The van der Waals surface area contributed by atoms with Gasteiger partial charge in [-0.2, -0.15) is 0 Å². The van der Waals surface area contributed by atoms with Crippen LogP contribution in [0.4, 0.5) is 0 Å². The number of carbonyl (C=O) groups excluding carboxylic acids is 2. The first-order chi connectivity index (χ1) is 11.3. The van der Waals surface area contributed by atoms with Gasteiger partial charge in [0.2, 0.25) is 5.91 Å². The monoisotopic (exact) mass is 349 g/mol. The Kier molecular flexibility index (Phi) is 6.27. The summed E-state index contributed by atoms with van der Waals surface area (Å²) < 4.78 is 0. The highest BCUT2D eigenvalue weighted by Gasteiger charge is 2.23. The van der Waals surface area contributed by atoms with Crippen LogP contribution in [0.25, 0.3) is 0 Å². The molecule has 1 fully saturated rings. The third-order valence-corrected chi connectivity index (χ3v) is 5.44. The van der Waals surface area contributed by atoms with E-state index in [4.69, 9.17) is 0 Å². The topological polar surface area (TPSA) is 62.3 Å². The molecule has 0 aliphatic carbocycles. The van der Waals surface area contributed by atoms with Gasteiger partial charge in [-0.1, -0.05) is 18.7 Å². The zero-order valence-electron chi connectivity index (χ0n) is 15.0. The first kappa shape index (κ1) is 18.8. The third-order valence-electron chi connectivity index (χ3n) is 4.39. The molecule has 0 spiro atoms. The Hall–Kier alpha value is -1.56. The normalized spacial score (nSPS) is 16.1. The number of nitrogens with one attached hydrogen (secondary N) is 1. The predicted octanol–water partition coefficient (Wildman–Crippen LogP) is 3.10. The molecule has 1 aromatic rings. The van der Waals surface area contributed by atoms with Gasteiger partial charge >= 0.3 is 0 Å². The molecule has 1 aromatic heterocycles. The molecule has 1 aliphatic rings. The van der Waals surface area contributed by atoms with Crippen LogP contribution in [0.3, 0.4) is 0 Å². The van der Waals surface area contributed by atoms with E-state index < -0.39 is 0 Å². The minimum absolute atomic E-state index is 0.00543. The van der Waals surface area contributed by atoms with Gasteiger partial charge in [-0.25, -0.2) is 4.98 Å². The Morgan fingerprint density at radius 1 is 1.33 bits per heavy atom. The van der Waals surface area contributed by atoms with E-state index in [9.17, 15) is 9.59 Å². The number of carbonyl (C=O) groups is 2. The van der Waals surface area contributed by atoms with E-state index in [0.717, 1.165) is 37.4 Å². The minimum Gasteiger partial charge on any atom is -0.350 e. The van der Waals surface area contributed by atoms with E-state index in [1.165, 1.54) is 11.8 Å². The Bertz CT molecular complexity index is 580. The van der Waals surface area contributed by atoms with E-state index in [0.29, 0.717) is 5.56 Å². The highest BCUT2D eigenvalue weighted by molar-refractivity contribution is 8.00. The lowest BCUT2D eigenvalue weighted by atomic mass is 10.0. The smallest absolute Gasteiger partial charge is 0.255 e. The number of pyridine rings is 1. The predicted molar refractivity (Wildman–Crippen MR) is 97.2 cm³/mol. The van der Waals surface area contributed by atoms with Crippen LogP contribution in [0.1, 0.15) is 57.3 Å². The molecule has 1 aliphatic heterocycles. The van der Waals surface area contributed by atoms with Crippen molar-refractivity contribution in [1.29, 1.82) is 0 Å². The van der Waals surface area contributed by atoms with Crippen molar-refractivity contribution in [2.75, 3.05) is 13.1 Å². The van der Waals surface area contributed by atoms with Crippen LogP contribution in [0, 0.1) is 0 Å². The summed E-state index contributed by atoms with van der Waals surface area (Å²) in [6.45, 7) is 9.62. The van der Waals surface area contributed by atoms with Crippen molar-refractivity contribution in [3.8, 4) is 0 Å². The largest absolute Gasteiger partial charge is 0.350 e. The van der Waals surface area contributed by atoms with Gasteiger partial charge in [0.15, 0.2) is 0 Å². The number of hydrogen-bond donors (Lipinski definition) is 1. The third kappa shape index (κ3) is 4.97. The van der Waals surface area contributed by atoms with Gasteiger partial charge in [0, 0.05) is 24.8 Å². The quantitative estimate of drug-likeness (QED) is 0.802. The maximum absolute atomic E-state index is 12.3. The summed E-state index contributed by atoms with van der Waals surface area (Å²) in [4.78, 5) is 30.8. The summed E-state index contributed by atoms with van der Waals surface area (Å²) in [6.07, 6.45) is 4.65. The molecule has 0 aromatic carbocycles. The molecule has 24 heavy (non-hydrogen) atoms. The molecule has 5 nitrogen and oxygen atoms in total. The number of hydrogen-bond acceptors (Lipinski definition) is 4. The summed E-state index contributed by atoms with van der Waals surface area (Å²) in [5.74, 6) is 0.0536. The molecular formula is C18H27N3O2S. The Balaban J connectivity index is 1.93. The Morgan fingerprint density at radius 2 is 2.00 bits per heavy atom. The summed E-state index contributed by atoms with van der Waals surface area (Å²) >= 11 is 1.41. The van der Waals surface area contributed by atoms with E-state index >= 15 is 0 Å². The van der Waals surface area contributed by atoms with Crippen molar-refractivity contribution < 1.29 is 9.59 Å². The van der Waals surface area contributed by atoms with Gasteiger partial charge in [0.05, 0.1) is 15.8 Å².